The van der Waals surface area contributed by atoms with Crippen molar-refractivity contribution in [3.05, 3.63) is 65.7 Å². The van der Waals surface area contributed by atoms with E-state index in [0.717, 1.165) is 70.4 Å². The molecule has 5 heteroatoms. The van der Waals surface area contributed by atoms with Crippen molar-refractivity contribution in [3.63, 3.8) is 0 Å². The molecule has 38 heavy (non-hydrogen) atoms. The van der Waals surface area contributed by atoms with Crippen LogP contribution >= 0.6 is 0 Å². The van der Waals surface area contributed by atoms with Crippen molar-refractivity contribution in [2.75, 3.05) is 19.6 Å². The number of benzene rings is 2. The summed E-state index contributed by atoms with van der Waals surface area (Å²) in [6.07, 6.45) is 11.9. The standard InChI is InChI=1S/C33H44N2O3/c1-25(36)38-31-13-8-12-28(21-31)33-19-20-35(23-27-15-16-27)24-29(33)17-18-30(22-33)34-32(37)14-7-3-6-11-26-9-4-2-5-10-26/h2,4-5,8-10,12-13,21,27,29-30H,3,6-7,11,14-20,22-24H2,1H3,(H,34,37). The summed E-state index contributed by atoms with van der Waals surface area (Å²) < 4.78 is 5.47. The maximum absolute atomic E-state index is 12.9. The summed E-state index contributed by atoms with van der Waals surface area (Å²) in [5, 5.41) is 3.42. The molecule has 2 saturated carbocycles. The van der Waals surface area contributed by atoms with Gasteiger partial charge in [0.2, 0.25) is 5.91 Å². The molecule has 0 bridgehead atoms. The van der Waals surface area contributed by atoms with Gasteiger partial charge in [-0.25, -0.2) is 0 Å². The maximum Gasteiger partial charge on any atom is 0.308 e. The van der Waals surface area contributed by atoms with Crippen LogP contribution < -0.4 is 10.1 Å². The lowest BCUT2D eigenvalue weighted by Crippen LogP contribution is -2.56. The molecule has 5 rings (SSSR count). The van der Waals surface area contributed by atoms with Gasteiger partial charge in [0, 0.05) is 37.9 Å². The van der Waals surface area contributed by atoms with Crippen molar-refractivity contribution in [3.8, 4) is 5.75 Å². The third kappa shape index (κ3) is 7.05. The summed E-state index contributed by atoms with van der Waals surface area (Å²) in [4.78, 5) is 27.2. The van der Waals surface area contributed by atoms with E-state index >= 15 is 0 Å². The molecule has 0 aromatic heterocycles. The number of fused-ring (bicyclic) bond motifs is 1. The molecule has 0 radical (unpaired) electrons. The SMILES string of the molecule is CC(=O)Oc1cccc(C23CCN(CC4CC4)CC2CCC(NC(=O)CCCCCc2ccccc2)C3)c1. The van der Waals surface area contributed by atoms with Crippen LogP contribution in [-0.2, 0) is 21.4 Å². The molecule has 1 N–H and O–H groups in total. The maximum atomic E-state index is 12.9. The highest BCUT2D eigenvalue weighted by atomic mass is 16.5. The number of aryl methyl sites for hydroxylation is 1. The van der Waals surface area contributed by atoms with E-state index in [0.29, 0.717) is 18.1 Å². The van der Waals surface area contributed by atoms with Crippen LogP contribution in [0.5, 0.6) is 5.75 Å². The Balaban J connectivity index is 1.19. The number of hydrogen-bond acceptors (Lipinski definition) is 4. The van der Waals surface area contributed by atoms with Crippen LogP contribution in [0, 0.1) is 11.8 Å². The molecular formula is C33H44N2O3. The van der Waals surface area contributed by atoms with Crippen LogP contribution in [0.1, 0.15) is 82.3 Å². The highest BCUT2D eigenvalue weighted by Crippen LogP contribution is 2.50. The Morgan fingerprint density at radius 2 is 1.84 bits per heavy atom. The summed E-state index contributed by atoms with van der Waals surface area (Å²) in [5.74, 6) is 2.01. The van der Waals surface area contributed by atoms with E-state index in [9.17, 15) is 9.59 Å². The Bertz CT molecular complexity index is 1080. The van der Waals surface area contributed by atoms with Gasteiger partial charge in [0.25, 0.3) is 0 Å². The molecule has 5 nitrogen and oxygen atoms in total. The van der Waals surface area contributed by atoms with Crippen molar-refractivity contribution in [1.29, 1.82) is 0 Å². The molecule has 0 spiro atoms. The van der Waals surface area contributed by atoms with Crippen LogP contribution in [0.15, 0.2) is 54.6 Å². The molecule has 3 atom stereocenters. The Labute approximate surface area is 228 Å². The second-order valence-electron chi connectivity index (χ2n) is 12.0. The minimum absolute atomic E-state index is 0.0160. The topological polar surface area (TPSA) is 58.6 Å². The summed E-state index contributed by atoms with van der Waals surface area (Å²) in [7, 11) is 0. The lowest BCUT2D eigenvalue weighted by Gasteiger charge is -2.53. The second kappa shape index (κ2) is 12.5. The highest BCUT2D eigenvalue weighted by Gasteiger charge is 2.48. The molecule has 2 aliphatic carbocycles. The van der Waals surface area contributed by atoms with E-state index in [4.69, 9.17) is 4.74 Å². The van der Waals surface area contributed by atoms with Gasteiger partial charge in [0.1, 0.15) is 5.75 Å². The number of hydrogen-bond donors (Lipinski definition) is 1. The number of carbonyl (C=O) groups is 2. The predicted octanol–water partition coefficient (Wildman–Crippen LogP) is 6.05. The Kier molecular flexibility index (Phi) is 8.83. The first-order valence-corrected chi connectivity index (χ1v) is 14.8. The van der Waals surface area contributed by atoms with Crippen LogP contribution in [0.3, 0.4) is 0 Å². The van der Waals surface area contributed by atoms with Gasteiger partial charge in [-0.1, -0.05) is 48.9 Å². The van der Waals surface area contributed by atoms with Crippen molar-refractivity contribution in [2.45, 2.75) is 89.0 Å². The summed E-state index contributed by atoms with van der Waals surface area (Å²) >= 11 is 0. The van der Waals surface area contributed by atoms with Crippen molar-refractivity contribution >= 4 is 11.9 Å². The quantitative estimate of drug-likeness (QED) is 0.224. The zero-order valence-corrected chi connectivity index (χ0v) is 23.0. The fourth-order valence-corrected chi connectivity index (χ4v) is 6.94. The Morgan fingerprint density at radius 3 is 2.63 bits per heavy atom. The van der Waals surface area contributed by atoms with Crippen LogP contribution in [-0.4, -0.2) is 42.5 Å². The molecule has 2 aromatic rings. The first-order valence-electron chi connectivity index (χ1n) is 14.8. The van der Waals surface area contributed by atoms with Crippen molar-refractivity contribution in [1.82, 2.24) is 10.2 Å². The van der Waals surface area contributed by atoms with Crippen LogP contribution in [0.4, 0.5) is 0 Å². The van der Waals surface area contributed by atoms with E-state index in [1.807, 2.05) is 12.1 Å². The zero-order valence-electron chi connectivity index (χ0n) is 23.0. The number of nitrogens with one attached hydrogen (secondary N) is 1. The third-order valence-corrected chi connectivity index (χ3v) is 9.07. The van der Waals surface area contributed by atoms with Crippen molar-refractivity contribution in [2.24, 2.45) is 11.8 Å². The lowest BCUT2D eigenvalue weighted by molar-refractivity contribution is -0.132. The van der Waals surface area contributed by atoms with Gasteiger partial charge in [0.15, 0.2) is 0 Å². The smallest absolute Gasteiger partial charge is 0.308 e. The van der Waals surface area contributed by atoms with Gasteiger partial charge in [-0.15, -0.1) is 0 Å². The Morgan fingerprint density at radius 1 is 1.00 bits per heavy atom. The normalized spacial score (nSPS) is 25.4. The van der Waals surface area contributed by atoms with Crippen LogP contribution in [0.25, 0.3) is 0 Å². The third-order valence-electron chi connectivity index (χ3n) is 9.07. The monoisotopic (exact) mass is 516 g/mol. The molecule has 3 aliphatic rings. The minimum Gasteiger partial charge on any atom is -0.427 e. The molecule has 1 saturated heterocycles. The minimum atomic E-state index is -0.284. The number of nitrogens with zero attached hydrogens (tertiary/aromatic N) is 1. The van der Waals surface area contributed by atoms with E-state index in [2.05, 4.69) is 52.7 Å². The largest absolute Gasteiger partial charge is 0.427 e. The van der Waals surface area contributed by atoms with E-state index in [1.54, 1.807) is 0 Å². The van der Waals surface area contributed by atoms with E-state index in [-0.39, 0.29) is 23.3 Å². The summed E-state index contributed by atoms with van der Waals surface area (Å²) in [6, 6.07) is 19.0. The number of unbranched alkanes of at least 4 members (excludes halogenated alkanes) is 2. The van der Waals surface area contributed by atoms with Gasteiger partial charge in [-0.3, -0.25) is 9.59 Å². The summed E-state index contributed by atoms with van der Waals surface area (Å²) in [6.45, 7) is 4.94. The number of rotatable bonds is 11. The van der Waals surface area contributed by atoms with E-state index in [1.165, 1.54) is 37.4 Å². The average Bonchev–Trinajstić information content (AvgIpc) is 3.73. The predicted molar refractivity (Wildman–Crippen MR) is 151 cm³/mol. The molecular weight excluding hydrogens is 472 g/mol. The van der Waals surface area contributed by atoms with Crippen molar-refractivity contribution < 1.29 is 14.3 Å². The number of ether oxygens (including phenoxy) is 1. The molecule has 1 heterocycles. The first kappa shape index (κ1) is 26.9. The second-order valence-corrected chi connectivity index (χ2v) is 12.0. The molecule has 2 aromatic carbocycles. The molecule has 204 valence electrons. The Hall–Kier alpha value is -2.66. The highest BCUT2D eigenvalue weighted by molar-refractivity contribution is 5.76. The van der Waals surface area contributed by atoms with E-state index < -0.39 is 0 Å². The van der Waals surface area contributed by atoms with Gasteiger partial charge in [0.05, 0.1) is 0 Å². The van der Waals surface area contributed by atoms with Gasteiger partial charge in [-0.05, 0) is 99.4 Å². The fourth-order valence-electron chi connectivity index (χ4n) is 6.94. The molecule has 1 amide bonds. The number of carbonyl (C=O) groups excluding carboxylic acids is 2. The van der Waals surface area contributed by atoms with Gasteiger partial charge in [-0.2, -0.15) is 0 Å². The fraction of sp³-hybridized carbons (Fsp3) is 0.576. The first-order chi connectivity index (χ1) is 18.5. The van der Waals surface area contributed by atoms with Gasteiger partial charge >= 0.3 is 5.97 Å². The van der Waals surface area contributed by atoms with Crippen LogP contribution in [0.2, 0.25) is 0 Å². The number of piperidine rings is 1. The number of esters is 1. The summed E-state index contributed by atoms with van der Waals surface area (Å²) in [5.41, 5.74) is 2.66. The molecule has 1 aliphatic heterocycles. The van der Waals surface area contributed by atoms with Gasteiger partial charge < -0.3 is 15.0 Å². The number of likely N-dealkylation sites (tertiary alicyclic amines) is 1. The molecule has 3 unspecified atom stereocenters. The lowest BCUT2D eigenvalue weighted by atomic mass is 9.58. The molecule has 3 fully saturated rings. The zero-order chi connectivity index (χ0) is 26.4. The average molecular weight is 517 g/mol. The number of amides is 1.